The van der Waals surface area contributed by atoms with Gasteiger partial charge in [0, 0.05) is 12.8 Å². The maximum atomic E-state index is 5.34. The first-order valence-electron chi connectivity index (χ1n) is 6.99. The van der Waals surface area contributed by atoms with Crippen molar-refractivity contribution in [1.29, 1.82) is 0 Å². The summed E-state index contributed by atoms with van der Waals surface area (Å²) in [5.41, 5.74) is 1.16. The number of hydrogen-bond donors (Lipinski definition) is 1. The Hall–Kier alpha value is -1.88. The molecule has 3 rings (SSSR count). The van der Waals surface area contributed by atoms with Crippen molar-refractivity contribution in [3.05, 3.63) is 41.5 Å². The summed E-state index contributed by atoms with van der Waals surface area (Å²) in [6.45, 7) is 2.12. The minimum Gasteiger partial charge on any atom is -0.496 e. The molecule has 1 aliphatic heterocycles. The summed E-state index contributed by atoms with van der Waals surface area (Å²) in [4.78, 5) is 4.46. The predicted molar refractivity (Wildman–Crippen MR) is 74.8 cm³/mol. The first kappa shape index (κ1) is 13.1. The van der Waals surface area contributed by atoms with Crippen molar-refractivity contribution in [1.82, 2.24) is 15.5 Å². The zero-order chi connectivity index (χ0) is 13.8. The number of hydrogen-bond acceptors (Lipinski definition) is 5. The summed E-state index contributed by atoms with van der Waals surface area (Å²) in [6.07, 6.45) is 2.50. The number of ether oxygens (including phenoxy) is 1. The Morgan fingerprint density at radius 2 is 2.15 bits per heavy atom. The van der Waals surface area contributed by atoms with Crippen molar-refractivity contribution >= 4 is 0 Å². The third kappa shape index (κ3) is 2.99. The van der Waals surface area contributed by atoms with Gasteiger partial charge in [-0.05, 0) is 37.1 Å². The smallest absolute Gasteiger partial charge is 0.226 e. The number of aryl methyl sites for hydroxylation is 2. The fourth-order valence-electron chi connectivity index (χ4n) is 2.38. The van der Waals surface area contributed by atoms with E-state index in [2.05, 4.69) is 21.5 Å². The first-order valence-corrected chi connectivity index (χ1v) is 6.99. The SMILES string of the molecule is COc1ccccc1CCc1nc(CC2CNC2)no1. The van der Waals surface area contributed by atoms with E-state index < -0.39 is 0 Å². The Morgan fingerprint density at radius 3 is 2.90 bits per heavy atom. The summed E-state index contributed by atoms with van der Waals surface area (Å²) < 4.78 is 10.6. The van der Waals surface area contributed by atoms with Crippen LogP contribution in [0, 0.1) is 5.92 Å². The largest absolute Gasteiger partial charge is 0.496 e. The summed E-state index contributed by atoms with van der Waals surface area (Å²) in [7, 11) is 1.69. The Balaban J connectivity index is 1.57. The topological polar surface area (TPSA) is 60.2 Å². The van der Waals surface area contributed by atoms with Gasteiger partial charge in [-0.25, -0.2) is 0 Å². The number of aromatic nitrogens is 2. The van der Waals surface area contributed by atoms with Gasteiger partial charge in [-0.2, -0.15) is 4.98 Å². The zero-order valence-electron chi connectivity index (χ0n) is 11.6. The molecule has 1 aromatic carbocycles. The molecule has 0 atom stereocenters. The van der Waals surface area contributed by atoms with Crippen molar-refractivity contribution in [2.45, 2.75) is 19.3 Å². The van der Waals surface area contributed by atoms with Gasteiger partial charge < -0.3 is 14.6 Å². The number of nitrogens with one attached hydrogen (secondary N) is 1. The average molecular weight is 273 g/mol. The van der Waals surface area contributed by atoms with E-state index in [1.807, 2.05) is 18.2 Å². The molecule has 0 radical (unpaired) electrons. The fourth-order valence-corrected chi connectivity index (χ4v) is 2.38. The Labute approximate surface area is 118 Å². The van der Waals surface area contributed by atoms with E-state index in [1.165, 1.54) is 0 Å². The van der Waals surface area contributed by atoms with Gasteiger partial charge >= 0.3 is 0 Å². The van der Waals surface area contributed by atoms with E-state index in [9.17, 15) is 0 Å². The number of para-hydroxylation sites is 1. The summed E-state index contributed by atoms with van der Waals surface area (Å²) >= 11 is 0. The highest BCUT2D eigenvalue weighted by molar-refractivity contribution is 5.33. The highest BCUT2D eigenvalue weighted by Crippen LogP contribution is 2.19. The van der Waals surface area contributed by atoms with Gasteiger partial charge in [0.05, 0.1) is 7.11 Å². The summed E-state index contributed by atoms with van der Waals surface area (Å²) in [5, 5.41) is 7.30. The number of methoxy groups -OCH3 is 1. The van der Waals surface area contributed by atoms with Gasteiger partial charge in [-0.15, -0.1) is 0 Å². The molecule has 0 amide bonds. The first-order chi connectivity index (χ1) is 9.85. The van der Waals surface area contributed by atoms with E-state index in [0.717, 1.165) is 49.5 Å². The lowest BCUT2D eigenvalue weighted by Crippen LogP contribution is -2.43. The van der Waals surface area contributed by atoms with Crippen LogP contribution in [0.25, 0.3) is 0 Å². The minimum atomic E-state index is 0.662. The second-order valence-electron chi connectivity index (χ2n) is 5.14. The highest BCUT2D eigenvalue weighted by atomic mass is 16.5. The van der Waals surface area contributed by atoms with E-state index in [0.29, 0.717) is 11.8 Å². The van der Waals surface area contributed by atoms with Crippen LogP contribution in [0.1, 0.15) is 17.3 Å². The van der Waals surface area contributed by atoms with Gasteiger partial charge in [-0.1, -0.05) is 23.4 Å². The van der Waals surface area contributed by atoms with Crippen LogP contribution >= 0.6 is 0 Å². The van der Waals surface area contributed by atoms with Crippen LogP contribution < -0.4 is 10.1 Å². The van der Waals surface area contributed by atoms with Crippen molar-refractivity contribution in [3.63, 3.8) is 0 Å². The summed E-state index contributed by atoms with van der Waals surface area (Å²) in [6, 6.07) is 8.02. The maximum absolute atomic E-state index is 5.34. The molecule has 1 N–H and O–H groups in total. The van der Waals surface area contributed by atoms with Crippen LogP contribution in [0.2, 0.25) is 0 Å². The minimum absolute atomic E-state index is 0.662. The molecule has 2 heterocycles. The van der Waals surface area contributed by atoms with Crippen molar-refractivity contribution in [3.8, 4) is 5.75 Å². The van der Waals surface area contributed by atoms with Gasteiger partial charge in [0.15, 0.2) is 5.82 Å². The molecule has 1 fully saturated rings. The Kier molecular flexibility index (Phi) is 3.97. The van der Waals surface area contributed by atoms with Crippen molar-refractivity contribution in [2.75, 3.05) is 20.2 Å². The molecular formula is C15H19N3O2. The van der Waals surface area contributed by atoms with E-state index >= 15 is 0 Å². The lowest BCUT2D eigenvalue weighted by molar-refractivity contribution is 0.329. The molecular weight excluding hydrogens is 254 g/mol. The molecule has 20 heavy (non-hydrogen) atoms. The van der Waals surface area contributed by atoms with Crippen LogP contribution in [0.4, 0.5) is 0 Å². The molecule has 1 saturated heterocycles. The molecule has 5 heteroatoms. The maximum Gasteiger partial charge on any atom is 0.226 e. The molecule has 2 aromatic rings. The van der Waals surface area contributed by atoms with E-state index in [-0.39, 0.29) is 0 Å². The molecule has 0 saturated carbocycles. The standard InChI is InChI=1S/C15H19N3O2/c1-19-13-5-3-2-4-12(13)6-7-15-17-14(18-20-15)8-11-9-16-10-11/h2-5,11,16H,6-10H2,1H3. The molecule has 1 aromatic heterocycles. The average Bonchev–Trinajstić information content (AvgIpc) is 2.89. The lowest BCUT2D eigenvalue weighted by Gasteiger charge is -2.25. The second-order valence-corrected chi connectivity index (χ2v) is 5.14. The quantitative estimate of drug-likeness (QED) is 0.866. The molecule has 5 nitrogen and oxygen atoms in total. The molecule has 106 valence electrons. The molecule has 0 bridgehead atoms. The van der Waals surface area contributed by atoms with E-state index in [1.54, 1.807) is 7.11 Å². The third-order valence-corrected chi connectivity index (χ3v) is 3.65. The zero-order valence-corrected chi connectivity index (χ0v) is 11.6. The van der Waals surface area contributed by atoms with Gasteiger partial charge in [0.25, 0.3) is 0 Å². The second kappa shape index (κ2) is 6.05. The van der Waals surface area contributed by atoms with E-state index in [4.69, 9.17) is 9.26 Å². The molecule has 1 aliphatic rings. The molecule has 0 unspecified atom stereocenters. The van der Waals surface area contributed by atoms with Crippen LogP contribution in [-0.2, 0) is 19.3 Å². The number of nitrogens with zero attached hydrogens (tertiary/aromatic N) is 2. The number of benzene rings is 1. The van der Waals surface area contributed by atoms with Gasteiger partial charge in [-0.3, -0.25) is 0 Å². The molecule has 0 spiro atoms. The normalized spacial score (nSPS) is 15.1. The van der Waals surface area contributed by atoms with Crippen molar-refractivity contribution in [2.24, 2.45) is 5.92 Å². The third-order valence-electron chi connectivity index (χ3n) is 3.65. The van der Waals surface area contributed by atoms with Crippen LogP contribution in [-0.4, -0.2) is 30.3 Å². The van der Waals surface area contributed by atoms with Gasteiger partial charge in [0.1, 0.15) is 5.75 Å². The number of rotatable bonds is 6. The monoisotopic (exact) mass is 273 g/mol. The highest BCUT2D eigenvalue weighted by Gasteiger charge is 2.19. The van der Waals surface area contributed by atoms with Crippen LogP contribution in [0.3, 0.4) is 0 Å². The lowest BCUT2D eigenvalue weighted by atomic mass is 9.99. The predicted octanol–water partition coefficient (Wildman–Crippen LogP) is 1.63. The summed E-state index contributed by atoms with van der Waals surface area (Å²) in [5.74, 6) is 3.10. The fraction of sp³-hybridized carbons (Fsp3) is 0.467. The van der Waals surface area contributed by atoms with Crippen LogP contribution in [0.5, 0.6) is 5.75 Å². The van der Waals surface area contributed by atoms with Crippen LogP contribution in [0.15, 0.2) is 28.8 Å². The van der Waals surface area contributed by atoms with Crippen molar-refractivity contribution < 1.29 is 9.26 Å². The Morgan fingerprint density at radius 1 is 1.30 bits per heavy atom. The molecule has 0 aliphatic carbocycles. The van der Waals surface area contributed by atoms with Gasteiger partial charge in [0.2, 0.25) is 5.89 Å². The Bertz CT molecular complexity index is 564.